The molecule has 0 saturated carbocycles. The molecule has 0 aromatic heterocycles. The Hall–Kier alpha value is -0.530. The summed E-state index contributed by atoms with van der Waals surface area (Å²) in [6.45, 7) is 8.95. The number of hydrogen-bond acceptors (Lipinski definition) is 2. The van der Waals surface area contributed by atoms with Gasteiger partial charge in [-0.15, -0.1) is 24.0 Å². The Morgan fingerprint density at radius 3 is 2.42 bits per heavy atom. The van der Waals surface area contributed by atoms with E-state index in [-0.39, 0.29) is 36.4 Å². The molecule has 1 amide bonds. The molecule has 0 aliphatic carbocycles. The van der Waals surface area contributed by atoms with Crippen LogP contribution in [0.15, 0.2) is 4.99 Å². The van der Waals surface area contributed by atoms with Crippen molar-refractivity contribution in [2.24, 2.45) is 4.99 Å². The van der Waals surface area contributed by atoms with Crippen LogP contribution in [0.2, 0.25) is 0 Å². The first-order valence-electron chi connectivity index (χ1n) is 6.96. The quantitative estimate of drug-likeness (QED) is 0.441. The van der Waals surface area contributed by atoms with Gasteiger partial charge in [-0.25, -0.2) is 4.99 Å². The number of nitrogens with zero attached hydrogens (tertiary/aromatic N) is 2. The summed E-state index contributed by atoms with van der Waals surface area (Å²) in [6.07, 6.45) is 3.49. The van der Waals surface area contributed by atoms with Crippen molar-refractivity contribution in [1.29, 1.82) is 0 Å². The van der Waals surface area contributed by atoms with Gasteiger partial charge >= 0.3 is 0 Å². The number of guanidine groups is 1. The smallest absolute Gasteiger partial charge is 0.244 e. The van der Waals surface area contributed by atoms with Crippen molar-refractivity contribution in [2.75, 3.05) is 26.2 Å². The lowest BCUT2D eigenvalue weighted by atomic mass is 10.1. The minimum absolute atomic E-state index is 0. The van der Waals surface area contributed by atoms with E-state index in [1.165, 1.54) is 6.42 Å². The highest BCUT2D eigenvalue weighted by molar-refractivity contribution is 14.0. The minimum atomic E-state index is 0. The zero-order valence-corrected chi connectivity index (χ0v) is 14.6. The molecular weight excluding hydrogens is 355 g/mol. The summed E-state index contributed by atoms with van der Waals surface area (Å²) in [5, 5.41) is 6.35. The highest BCUT2D eigenvalue weighted by Crippen LogP contribution is 2.08. The second kappa shape index (κ2) is 10.3. The van der Waals surface area contributed by atoms with Gasteiger partial charge in [0.25, 0.3) is 0 Å². The molecule has 1 fully saturated rings. The highest BCUT2D eigenvalue weighted by Gasteiger charge is 2.15. The molecular formula is C13H27IN4O. The fourth-order valence-electron chi connectivity index (χ4n) is 1.98. The van der Waals surface area contributed by atoms with E-state index in [0.29, 0.717) is 6.04 Å². The summed E-state index contributed by atoms with van der Waals surface area (Å²) in [4.78, 5) is 18.2. The first-order valence-corrected chi connectivity index (χ1v) is 6.96. The molecule has 112 valence electrons. The van der Waals surface area contributed by atoms with Crippen molar-refractivity contribution in [1.82, 2.24) is 15.5 Å². The molecule has 0 aromatic rings. The van der Waals surface area contributed by atoms with Crippen molar-refractivity contribution in [3.05, 3.63) is 0 Å². The predicted molar refractivity (Wildman–Crippen MR) is 90.1 cm³/mol. The molecule has 1 rings (SSSR count). The molecule has 1 saturated heterocycles. The van der Waals surface area contributed by atoms with Crippen molar-refractivity contribution >= 4 is 35.8 Å². The van der Waals surface area contributed by atoms with Gasteiger partial charge < -0.3 is 15.5 Å². The number of carbonyl (C=O) groups excluding carboxylic acids is 1. The SMILES string of the molecule is CCNC(=NCC(=O)N1CCCCC1)NC(C)C.I. The largest absolute Gasteiger partial charge is 0.357 e. The van der Waals surface area contributed by atoms with E-state index in [1.807, 2.05) is 11.8 Å². The van der Waals surface area contributed by atoms with Crippen molar-refractivity contribution in [2.45, 2.75) is 46.1 Å². The summed E-state index contributed by atoms with van der Waals surface area (Å²) >= 11 is 0. The first kappa shape index (κ1) is 18.5. The molecule has 1 aliphatic heterocycles. The number of amides is 1. The van der Waals surface area contributed by atoms with Gasteiger partial charge in [0.1, 0.15) is 6.54 Å². The van der Waals surface area contributed by atoms with Gasteiger partial charge in [0.2, 0.25) is 5.91 Å². The van der Waals surface area contributed by atoms with Crippen LogP contribution in [0.25, 0.3) is 0 Å². The summed E-state index contributed by atoms with van der Waals surface area (Å²) < 4.78 is 0. The molecule has 1 aliphatic rings. The van der Waals surface area contributed by atoms with Gasteiger partial charge in [-0.2, -0.15) is 0 Å². The molecule has 0 unspecified atom stereocenters. The number of nitrogens with one attached hydrogen (secondary N) is 2. The van der Waals surface area contributed by atoms with Crippen molar-refractivity contribution in [3.8, 4) is 0 Å². The molecule has 2 N–H and O–H groups in total. The second-order valence-corrected chi connectivity index (χ2v) is 4.94. The molecule has 1 heterocycles. The third-order valence-electron chi connectivity index (χ3n) is 2.85. The number of rotatable bonds is 4. The van der Waals surface area contributed by atoms with Crippen LogP contribution in [0.4, 0.5) is 0 Å². The molecule has 0 spiro atoms. The minimum Gasteiger partial charge on any atom is -0.357 e. The number of hydrogen-bond donors (Lipinski definition) is 2. The van der Waals surface area contributed by atoms with Crippen LogP contribution < -0.4 is 10.6 Å². The van der Waals surface area contributed by atoms with Crippen LogP contribution in [0.5, 0.6) is 0 Å². The predicted octanol–water partition coefficient (Wildman–Crippen LogP) is 1.58. The van der Waals surface area contributed by atoms with E-state index in [0.717, 1.165) is 38.4 Å². The summed E-state index contributed by atoms with van der Waals surface area (Å²) in [6, 6.07) is 0.313. The van der Waals surface area contributed by atoms with E-state index in [9.17, 15) is 4.79 Å². The van der Waals surface area contributed by atoms with Crippen molar-refractivity contribution in [3.63, 3.8) is 0 Å². The highest BCUT2D eigenvalue weighted by atomic mass is 127. The third-order valence-corrected chi connectivity index (χ3v) is 2.85. The maximum absolute atomic E-state index is 12.0. The molecule has 0 bridgehead atoms. The van der Waals surface area contributed by atoms with E-state index in [2.05, 4.69) is 29.5 Å². The van der Waals surface area contributed by atoms with Crippen LogP contribution in [0.1, 0.15) is 40.0 Å². The second-order valence-electron chi connectivity index (χ2n) is 4.94. The van der Waals surface area contributed by atoms with Crippen LogP contribution >= 0.6 is 24.0 Å². The molecule has 5 nitrogen and oxygen atoms in total. The summed E-state index contributed by atoms with van der Waals surface area (Å²) in [5.74, 6) is 0.855. The van der Waals surface area contributed by atoms with Crippen LogP contribution in [-0.4, -0.2) is 49.0 Å². The number of likely N-dealkylation sites (tertiary alicyclic amines) is 1. The average molecular weight is 382 g/mol. The Balaban J connectivity index is 0.00000324. The van der Waals surface area contributed by atoms with Gasteiger partial charge in [-0.3, -0.25) is 4.79 Å². The van der Waals surface area contributed by atoms with Crippen LogP contribution in [-0.2, 0) is 4.79 Å². The average Bonchev–Trinajstić information content (AvgIpc) is 2.36. The zero-order valence-electron chi connectivity index (χ0n) is 12.2. The lowest BCUT2D eigenvalue weighted by molar-refractivity contribution is -0.130. The third kappa shape index (κ3) is 7.59. The fraction of sp³-hybridized carbons (Fsp3) is 0.846. The van der Waals surface area contributed by atoms with Crippen LogP contribution in [0, 0.1) is 0 Å². The van der Waals surface area contributed by atoms with E-state index in [1.54, 1.807) is 0 Å². The number of halogens is 1. The molecule has 19 heavy (non-hydrogen) atoms. The summed E-state index contributed by atoms with van der Waals surface area (Å²) in [5.41, 5.74) is 0. The van der Waals surface area contributed by atoms with Gasteiger partial charge in [0.05, 0.1) is 0 Å². The lowest BCUT2D eigenvalue weighted by Crippen LogP contribution is -2.42. The maximum atomic E-state index is 12.0. The lowest BCUT2D eigenvalue weighted by Gasteiger charge is -2.26. The van der Waals surface area contributed by atoms with E-state index in [4.69, 9.17) is 0 Å². The van der Waals surface area contributed by atoms with E-state index >= 15 is 0 Å². The molecule has 6 heteroatoms. The topological polar surface area (TPSA) is 56.7 Å². The summed E-state index contributed by atoms with van der Waals surface area (Å²) in [7, 11) is 0. The first-order chi connectivity index (χ1) is 8.63. The standard InChI is InChI=1S/C13H26N4O.HI/c1-4-14-13(16-11(2)3)15-10-12(18)17-8-6-5-7-9-17;/h11H,4-10H2,1-3H3,(H2,14,15,16);1H. The van der Waals surface area contributed by atoms with Crippen molar-refractivity contribution < 1.29 is 4.79 Å². The number of aliphatic imine (C=N–C) groups is 1. The Bertz CT molecular complexity index is 288. The molecule has 0 atom stereocenters. The zero-order chi connectivity index (χ0) is 13.4. The van der Waals surface area contributed by atoms with Gasteiger partial charge in [-0.1, -0.05) is 0 Å². The van der Waals surface area contributed by atoms with Gasteiger partial charge in [-0.05, 0) is 40.0 Å². The Kier molecular flexibility index (Phi) is 9.99. The fourth-order valence-corrected chi connectivity index (χ4v) is 1.98. The normalized spacial score (nSPS) is 16.0. The number of piperidine rings is 1. The van der Waals surface area contributed by atoms with Gasteiger partial charge in [0, 0.05) is 25.7 Å². The molecule has 0 radical (unpaired) electrons. The van der Waals surface area contributed by atoms with E-state index < -0.39 is 0 Å². The van der Waals surface area contributed by atoms with Crippen LogP contribution in [0.3, 0.4) is 0 Å². The maximum Gasteiger partial charge on any atom is 0.244 e. The monoisotopic (exact) mass is 382 g/mol. The Morgan fingerprint density at radius 2 is 1.89 bits per heavy atom. The Morgan fingerprint density at radius 1 is 1.26 bits per heavy atom. The number of carbonyl (C=O) groups is 1. The molecule has 0 aromatic carbocycles. The van der Waals surface area contributed by atoms with Gasteiger partial charge in [0.15, 0.2) is 5.96 Å². The Labute approximate surface area is 133 Å².